The first-order valence-corrected chi connectivity index (χ1v) is 4.73. The van der Waals surface area contributed by atoms with Crippen LogP contribution in [0.25, 0.3) is 5.69 Å². The molecule has 0 bridgehead atoms. The van der Waals surface area contributed by atoms with Crippen LogP contribution in [0.1, 0.15) is 16.7 Å². The van der Waals surface area contributed by atoms with Gasteiger partial charge in [0.25, 0.3) is 0 Å². The predicted molar refractivity (Wildman–Crippen MR) is 57.8 cm³/mol. The number of nitriles is 1. The minimum atomic E-state index is 0.580. The van der Waals surface area contributed by atoms with Gasteiger partial charge < -0.3 is 0 Å². The maximum atomic E-state index is 8.72. The van der Waals surface area contributed by atoms with Gasteiger partial charge in [0.05, 0.1) is 17.4 Å². The smallest absolute Gasteiger partial charge is 0.102 e. The largest absolute Gasteiger partial charge is 0.239 e. The second kappa shape index (κ2) is 3.58. The summed E-state index contributed by atoms with van der Waals surface area (Å²) in [7, 11) is 0. The van der Waals surface area contributed by atoms with E-state index in [1.54, 1.807) is 17.1 Å². The van der Waals surface area contributed by atoms with Crippen molar-refractivity contribution in [1.29, 1.82) is 5.26 Å². The maximum Gasteiger partial charge on any atom is 0.102 e. The first-order chi connectivity index (χ1) is 7.22. The molecule has 0 saturated carbocycles. The molecule has 1 heterocycles. The van der Waals surface area contributed by atoms with E-state index < -0.39 is 0 Å². The second-order valence-electron chi connectivity index (χ2n) is 3.50. The molecule has 0 spiro atoms. The fourth-order valence-corrected chi connectivity index (χ4v) is 1.50. The number of benzene rings is 1. The highest BCUT2D eigenvalue weighted by Crippen LogP contribution is 2.16. The van der Waals surface area contributed by atoms with Crippen molar-refractivity contribution < 1.29 is 0 Å². The molecule has 1 aromatic heterocycles. The maximum absolute atomic E-state index is 8.72. The van der Waals surface area contributed by atoms with Gasteiger partial charge in [0, 0.05) is 6.20 Å². The van der Waals surface area contributed by atoms with Gasteiger partial charge >= 0.3 is 0 Å². The van der Waals surface area contributed by atoms with E-state index in [9.17, 15) is 0 Å². The molecule has 2 rings (SSSR count). The van der Waals surface area contributed by atoms with Crippen LogP contribution in [0.15, 0.2) is 30.6 Å². The van der Waals surface area contributed by atoms with Crippen LogP contribution in [-0.2, 0) is 0 Å². The number of rotatable bonds is 1. The number of aromatic nitrogens is 2. The summed E-state index contributed by atoms with van der Waals surface area (Å²) in [5.41, 5.74) is 4.01. The Balaban J connectivity index is 2.55. The lowest BCUT2D eigenvalue weighted by Crippen LogP contribution is -1.98. The zero-order valence-corrected chi connectivity index (χ0v) is 8.73. The van der Waals surface area contributed by atoms with Gasteiger partial charge in [-0.25, -0.2) is 4.68 Å². The lowest BCUT2D eigenvalue weighted by molar-refractivity contribution is 0.870. The fraction of sp³-hybridized carbons (Fsp3) is 0.167. The molecule has 0 atom stereocenters. The van der Waals surface area contributed by atoms with Crippen LogP contribution in [0.4, 0.5) is 0 Å². The molecule has 0 saturated heterocycles. The summed E-state index contributed by atoms with van der Waals surface area (Å²) in [6, 6.07) is 8.12. The van der Waals surface area contributed by atoms with Gasteiger partial charge in [0.15, 0.2) is 0 Å². The van der Waals surface area contributed by atoms with Crippen LogP contribution >= 0.6 is 0 Å². The average Bonchev–Trinajstić information content (AvgIpc) is 2.70. The average molecular weight is 197 g/mol. The quantitative estimate of drug-likeness (QED) is 0.704. The van der Waals surface area contributed by atoms with Crippen LogP contribution in [0, 0.1) is 25.2 Å². The van der Waals surface area contributed by atoms with Crippen molar-refractivity contribution in [3.05, 3.63) is 47.3 Å². The Bertz CT molecular complexity index is 532. The molecule has 15 heavy (non-hydrogen) atoms. The van der Waals surface area contributed by atoms with Crippen molar-refractivity contribution in [2.75, 3.05) is 0 Å². The van der Waals surface area contributed by atoms with E-state index in [0.717, 1.165) is 5.69 Å². The third-order valence-electron chi connectivity index (χ3n) is 2.53. The van der Waals surface area contributed by atoms with Gasteiger partial charge in [-0.05, 0) is 31.0 Å². The van der Waals surface area contributed by atoms with Crippen LogP contribution < -0.4 is 0 Å². The standard InChI is InChI=1S/C12H11N3/c1-9-4-3-5-12(10(9)2)15-8-11(6-13)7-14-15/h3-5,7-8H,1-2H3. The highest BCUT2D eigenvalue weighted by atomic mass is 15.3. The van der Waals surface area contributed by atoms with E-state index in [2.05, 4.69) is 31.1 Å². The first kappa shape index (κ1) is 9.47. The molecule has 0 aliphatic carbocycles. The van der Waals surface area contributed by atoms with E-state index >= 15 is 0 Å². The molecular weight excluding hydrogens is 186 g/mol. The second-order valence-corrected chi connectivity index (χ2v) is 3.50. The zero-order chi connectivity index (χ0) is 10.8. The number of hydrogen-bond acceptors (Lipinski definition) is 2. The van der Waals surface area contributed by atoms with Crippen LogP contribution in [0.3, 0.4) is 0 Å². The summed E-state index contributed by atoms with van der Waals surface area (Å²) in [5, 5.41) is 12.9. The van der Waals surface area contributed by atoms with Gasteiger partial charge in [-0.15, -0.1) is 0 Å². The minimum Gasteiger partial charge on any atom is -0.239 e. The normalized spacial score (nSPS) is 9.93. The molecule has 0 N–H and O–H groups in total. The number of nitrogens with zero attached hydrogens (tertiary/aromatic N) is 3. The summed E-state index contributed by atoms with van der Waals surface area (Å²) in [5.74, 6) is 0. The van der Waals surface area contributed by atoms with Gasteiger partial charge in [0.1, 0.15) is 6.07 Å². The Hall–Kier alpha value is -2.08. The van der Waals surface area contributed by atoms with Gasteiger partial charge in [-0.3, -0.25) is 0 Å². The molecule has 74 valence electrons. The highest BCUT2D eigenvalue weighted by Gasteiger charge is 2.04. The van der Waals surface area contributed by atoms with Gasteiger partial charge in [-0.2, -0.15) is 10.4 Å². The van der Waals surface area contributed by atoms with Crippen molar-refractivity contribution in [3.8, 4) is 11.8 Å². The van der Waals surface area contributed by atoms with Gasteiger partial charge in [-0.1, -0.05) is 12.1 Å². The Labute approximate surface area is 88.6 Å². The van der Waals surface area contributed by atoms with Crippen molar-refractivity contribution in [2.24, 2.45) is 0 Å². The minimum absolute atomic E-state index is 0.580. The van der Waals surface area contributed by atoms with Crippen molar-refractivity contribution in [2.45, 2.75) is 13.8 Å². The summed E-state index contributed by atoms with van der Waals surface area (Å²) in [6.45, 7) is 4.12. The molecule has 1 aromatic carbocycles. The molecule has 0 aliphatic rings. The summed E-state index contributed by atoms with van der Waals surface area (Å²) >= 11 is 0. The Morgan fingerprint density at radius 2 is 2.13 bits per heavy atom. The number of aryl methyl sites for hydroxylation is 1. The Kier molecular flexibility index (Phi) is 2.26. The SMILES string of the molecule is Cc1cccc(-n2cc(C#N)cn2)c1C. The summed E-state index contributed by atoms with van der Waals surface area (Å²) < 4.78 is 1.74. The highest BCUT2D eigenvalue weighted by molar-refractivity contribution is 5.44. The Morgan fingerprint density at radius 3 is 2.80 bits per heavy atom. The van der Waals surface area contributed by atoms with E-state index in [4.69, 9.17) is 5.26 Å². The third kappa shape index (κ3) is 1.62. The topological polar surface area (TPSA) is 41.6 Å². The van der Waals surface area contributed by atoms with E-state index in [1.165, 1.54) is 11.1 Å². The lowest BCUT2D eigenvalue weighted by atomic mass is 10.1. The molecule has 0 aliphatic heterocycles. The Morgan fingerprint density at radius 1 is 1.33 bits per heavy atom. The summed E-state index contributed by atoms with van der Waals surface area (Å²) in [4.78, 5) is 0. The molecular formula is C12H11N3. The van der Waals surface area contributed by atoms with Crippen LogP contribution in [0.5, 0.6) is 0 Å². The zero-order valence-electron chi connectivity index (χ0n) is 8.73. The molecule has 3 heteroatoms. The molecule has 0 amide bonds. The van der Waals surface area contributed by atoms with E-state index in [-0.39, 0.29) is 0 Å². The van der Waals surface area contributed by atoms with Crippen LogP contribution in [-0.4, -0.2) is 9.78 Å². The monoisotopic (exact) mass is 197 g/mol. The molecule has 2 aromatic rings. The fourth-order valence-electron chi connectivity index (χ4n) is 1.50. The number of hydrogen-bond donors (Lipinski definition) is 0. The van der Waals surface area contributed by atoms with E-state index in [0.29, 0.717) is 5.56 Å². The van der Waals surface area contributed by atoms with E-state index in [1.807, 2.05) is 12.1 Å². The molecule has 0 radical (unpaired) electrons. The van der Waals surface area contributed by atoms with Crippen LogP contribution in [0.2, 0.25) is 0 Å². The van der Waals surface area contributed by atoms with Crippen molar-refractivity contribution in [3.63, 3.8) is 0 Å². The first-order valence-electron chi connectivity index (χ1n) is 4.73. The lowest BCUT2D eigenvalue weighted by Gasteiger charge is -2.07. The summed E-state index contributed by atoms with van der Waals surface area (Å²) in [6.07, 6.45) is 3.31. The molecule has 3 nitrogen and oxygen atoms in total. The van der Waals surface area contributed by atoms with Crippen molar-refractivity contribution >= 4 is 0 Å². The van der Waals surface area contributed by atoms with Gasteiger partial charge in [0.2, 0.25) is 0 Å². The predicted octanol–water partition coefficient (Wildman–Crippen LogP) is 2.36. The van der Waals surface area contributed by atoms with Crippen molar-refractivity contribution in [1.82, 2.24) is 9.78 Å². The molecule has 0 fully saturated rings. The third-order valence-corrected chi connectivity index (χ3v) is 2.53. The molecule has 0 unspecified atom stereocenters.